The fourth-order valence-electron chi connectivity index (χ4n) is 4.93. The second-order valence-electron chi connectivity index (χ2n) is 9.72. The third-order valence-corrected chi connectivity index (χ3v) is 6.95. The zero-order chi connectivity index (χ0) is 26.2. The molecule has 1 aliphatic heterocycles. The van der Waals surface area contributed by atoms with Crippen molar-refractivity contribution >= 4 is 22.8 Å². The average Bonchev–Trinajstić information content (AvgIpc) is 3.42. The minimum atomic E-state index is -0.525. The molecule has 1 aliphatic rings. The molecule has 0 aromatic heterocycles. The Kier molecular flexibility index (Phi) is 8.46. The molecular weight excluding hydrogens is 474 g/mol. The first-order valence-corrected chi connectivity index (χ1v) is 13.0. The summed E-state index contributed by atoms with van der Waals surface area (Å²) in [5.41, 5.74) is 5.50. The normalized spacial score (nSPS) is 16.0. The summed E-state index contributed by atoms with van der Waals surface area (Å²) in [6.07, 6.45) is 3.21. The molecule has 6 nitrogen and oxygen atoms in total. The second-order valence-corrected chi connectivity index (χ2v) is 9.72. The number of carbonyl (C=O) groups is 1. The summed E-state index contributed by atoms with van der Waals surface area (Å²) in [6.45, 7) is 4.21. The minimum absolute atomic E-state index is 0.404. The highest BCUT2D eigenvalue weighted by molar-refractivity contribution is 5.93. The number of rotatable bonds is 10. The van der Waals surface area contributed by atoms with Crippen LogP contribution in [0, 0.1) is 0 Å². The highest BCUT2D eigenvalue weighted by Gasteiger charge is 2.22. The van der Waals surface area contributed by atoms with Gasteiger partial charge in [-0.15, -0.1) is 0 Å². The second kappa shape index (κ2) is 12.5. The summed E-state index contributed by atoms with van der Waals surface area (Å²) < 4.78 is 6.33. The lowest BCUT2D eigenvalue weighted by Gasteiger charge is -2.18. The van der Waals surface area contributed by atoms with Gasteiger partial charge in [-0.3, -0.25) is 14.9 Å². The Labute approximate surface area is 223 Å². The van der Waals surface area contributed by atoms with Crippen LogP contribution >= 0.6 is 0 Å². The van der Waals surface area contributed by atoms with Gasteiger partial charge in [0.2, 0.25) is 0 Å². The van der Waals surface area contributed by atoms with Crippen LogP contribution in [0.15, 0.2) is 103 Å². The molecule has 4 aromatic rings. The first kappa shape index (κ1) is 25.7. The predicted molar refractivity (Wildman–Crippen MR) is 151 cm³/mol. The van der Waals surface area contributed by atoms with Crippen molar-refractivity contribution in [1.29, 1.82) is 0 Å². The van der Waals surface area contributed by atoms with E-state index in [1.165, 1.54) is 5.56 Å². The van der Waals surface area contributed by atoms with Gasteiger partial charge < -0.3 is 10.1 Å². The van der Waals surface area contributed by atoms with Gasteiger partial charge in [0.15, 0.2) is 0 Å². The van der Waals surface area contributed by atoms with Gasteiger partial charge in [0, 0.05) is 43.2 Å². The Morgan fingerprint density at radius 1 is 0.947 bits per heavy atom. The van der Waals surface area contributed by atoms with E-state index < -0.39 is 5.91 Å². The van der Waals surface area contributed by atoms with E-state index in [4.69, 9.17) is 9.94 Å². The molecule has 0 radical (unpaired) electrons. The van der Waals surface area contributed by atoms with E-state index in [0.29, 0.717) is 24.8 Å². The zero-order valence-electron chi connectivity index (χ0n) is 21.3. The quantitative estimate of drug-likeness (QED) is 0.201. The van der Waals surface area contributed by atoms with Crippen LogP contribution in [0.5, 0.6) is 5.75 Å². The number of carbonyl (C=O) groups excluding carboxylic acids is 1. The van der Waals surface area contributed by atoms with Crippen LogP contribution in [0.1, 0.15) is 27.9 Å². The Hall–Kier alpha value is -3.97. The number of amides is 1. The number of hydrogen-bond acceptors (Lipinski definition) is 5. The van der Waals surface area contributed by atoms with Gasteiger partial charge >= 0.3 is 0 Å². The van der Waals surface area contributed by atoms with Crippen molar-refractivity contribution in [2.45, 2.75) is 19.0 Å². The standard InChI is InChI=1S/C32H33N3O3/c36-32(34-37)28-15-13-24(14-16-28)19-26(23-38-31-12-6-10-27-9-4-5-11-30(27)31)20-33-29-17-18-35(22-29)21-25-7-2-1-3-8-25/h1-16,19,29,33,37H,17-18,20-23H2,(H,34,36)/b26-19-. The fourth-order valence-corrected chi connectivity index (χ4v) is 4.93. The maximum Gasteiger partial charge on any atom is 0.274 e. The molecule has 1 atom stereocenters. The van der Waals surface area contributed by atoms with Crippen LogP contribution in [0.4, 0.5) is 0 Å². The molecule has 6 heteroatoms. The van der Waals surface area contributed by atoms with E-state index in [2.05, 4.69) is 64.8 Å². The molecule has 1 saturated heterocycles. The number of ether oxygens (including phenoxy) is 1. The van der Waals surface area contributed by atoms with Crippen molar-refractivity contribution in [3.8, 4) is 5.75 Å². The molecule has 0 aliphatic carbocycles. The Morgan fingerprint density at radius 2 is 1.71 bits per heavy atom. The van der Waals surface area contributed by atoms with E-state index in [0.717, 1.165) is 53.7 Å². The molecule has 1 amide bonds. The molecule has 1 heterocycles. The summed E-state index contributed by atoms with van der Waals surface area (Å²) in [6, 6.07) is 32.5. The number of nitrogens with one attached hydrogen (secondary N) is 2. The van der Waals surface area contributed by atoms with Crippen molar-refractivity contribution in [3.63, 3.8) is 0 Å². The number of likely N-dealkylation sites (tertiary alicyclic amines) is 1. The molecule has 0 saturated carbocycles. The molecule has 1 fully saturated rings. The zero-order valence-corrected chi connectivity index (χ0v) is 21.3. The van der Waals surface area contributed by atoms with Gasteiger partial charge in [0.25, 0.3) is 5.91 Å². The first-order chi connectivity index (χ1) is 18.7. The third-order valence-electron chi connectivity index (χ3n) is 6.95. The topological polar surface area (TPSA) is 73.8 Å². The third kappa shape index (κ3) is 6.66. The van der Waals surface area contributed by atoms with Crippen LogP contribution in [0.2, 0.25) is 0 Å². The summed E-state index contributed by atoms with van der Waals surface area (Å²) in [5.74, 6) is 0.335. The number of nitrogens with zero attached hydrogens (tertiary/aromatic N) is 1. The number of benzene rings is 4. The van der Waals surface area contributed by atoms with Crippen LogP contribution in [-0.2, 0) is 6.54 Å². The molecule has 3 N–H and O–H groups in total. The molecule has 0 spiro atoms. The van der Waals surface area contributed by atoms with Crippen molar-refractivity contribution in [2.75, 3.05) is 26.2 Å². The molecule has 0 bridgehead atoms. The smallest absolute Gasteiger partial charge is 0.274 e. The van der Waals surface area contributed by atoms with Crippen LogP contribution in [0.3, 0.4) is 0 Å². The summed E-state index contributed by atoms with van der Waals surface area (Å²) >= 11 is 0. The number of hydroxylamine groups is 1. The van der Waals surface area contributed by atoms with E-state index in [1.807, 2.05) is 36.4 Å². The minimum Gasteiger partial charge on any atom is -0.489 e. The van der Waals surface area contributed by atoms with Crippen LogP contribution < -0.4 is 15.5 Å². The van der Waals surface area contributed by atoms with Crippen molar-refractivity contribution < 1.29 is 14.7 Å². The van der Waals surface area contributed by atoms with Crippen LogP contribution in [-0.4, -0.2) is 48.3 Å². The number of fused-ring (bicyclic) bond motifs is 1. The maximum atomic E-state index is 11.7. The lowest BCUT2D eigenvalue weighted by Crippen LogP contribution is -2.34. The highest BCUT2D eigenvalue weighted by Crippen LogP contribution is 2.26. The Balaban J connectivity index is 1.27. The van der Waals surface area contributed by atoms with E-state index in [1.54, 1.807) is 17.6 Å². The molecule has 38 heavy (non-hydrogen) atoms. The highest BCUT2D eigenvalue weighted by atomic mass is 16.5. The van der Waals surface area contributed by atoms with Crippen molar-refractivity contribution in [2.24, 2.45) is 0 Å². The average molecular weight is 508 g/mol. The van der Waals surface area contributed by atoms with Crippen molar-refractivity contribution in [1.82, 2.24) is 15.7 Å². The summed E-state index contributed by atoms with van der Waals surface area (Å²) in [4.78, 5) is 14.2. The van der Waals surface area contributed by atoms with Crippen LogP contribution in [0.25, 0.3) is 16.8 Å². The van der Waals surface area contributed by atoms with Gasteiger partial charge in [0.05, 0.1) is 0 Å². The van der Waals surface area contributed by atoms with E-state index in [9.17, 15) is 4.79 Å². The molecule has 4 aromatic carbocycles. The van der Waals surface area contributed by atoms with Crippen molar-refractivity contribution in [3.05, 3.63) is 119 Å². The largest absolute Gasteiger partial charge is 0.489 e. The SMILES string of the molecule is O=C(NO)c1ccc(/C=C(/CNC2CCN(Cc3ccccc3)C2)COc2cccc3ccccc23)cc1. The van der Waals surface area contributed by atoms with E-state index >= 15 is 0 Å². The maximum absolute atomic E-state index is 11.7. The monoisotopic (exact) mass is 507 g/mol. The van der Waals surface area contributed by atoms with E-state index in [-0.39, 0.29) is 0 Å². The Morgan fingerprint density at radius 3 is 2.53 bits per heavy atom. The van der Waals surface area contributed by atoms with Gasteiger partial charge in [-0.2, -0.15) is 0 Å². The first-order valence-electron chi connectivity index (χ1n) is 13.0. The molecule has 1 unspecified atom stereocenters. The predicted octanol–water partition coefficient (Wildman–Crippen LogP) is 5.29. The van der Waals surface area contributed by atoms with Gasteiger partial charge in [-0.05, 0) is 46.7 Å². The molecule has 194 valence electrons. The van der Waals surface area contributed by atoms with Gasteiger partial charge in [-0.25, -0.2) is 5.48 Å². The lowest BCUT2D eigenvalue weighted by molar-refractivity contribution is 0.0706. The number of hydrogen-bond donors (Lipinski definition) is 3. The Bertz CT molecular complexity index is 1380. The summed E-state index contributed by atoms with van der Waals surface area (Å²) in [7, 11) is 0. The molecular formula is C32H33N3O3. The lowest BCUT2D eigenvalue weighted by atomic mass is 10.1. The van der Waals surface area contributed by atoms with Gasteiger partial charge in [-0.1, -0.05) is 84.9 Å². The fraction of sp³-hybridized carbons (Fsp3) is 0.219. The molecule has 5 rings (SSSR count). The summed E-state index contributed by atoms with van der Waals surface area (Å²) in [5, 5.41) is 14.9. The van der Waals surface area contributed by atoms with Gasteiger partial charge in [0.1, 0.15) is 12.4 Å².